The molecular weight excluding hydrogens is 192 g/mol. The number of rotatable bonds is 4. The van der Waals surface area contributed by atoms with Crippen molar-refractivity contribution >= 4 is 5.78 Å². The quantitative estimate of drug-likeness (QED) is 0.826. The molecule has 15 heavy (non-hydrogen) atoms. The summed E-state index contributed by atoms with van der Waals surface area (Å²) >= 11 is 0. The van der Waals surface area contributed by atoms with Gasteiger partial charge in [0.1, 0.15) is 5.78 Å². The highest BCUT2D eigenvalue weighted by Crippen LogP contribution is 2.30. The predicted octanol–water partition coefficient (Wildman–Crippen LogP) is 2.48. The fraction of sp³-hybridized carbons (Fsp3) is 0.417. The van der Waals surface area contributed by atoms with E-state index in [-0.39, 0.29) is 17.5 Å². The topological polar surface area (TPSA) is 46.5 Å². The summed E-state index contributed by atoms with van der Waals surface area (Å²) in [4.78, 5) is 11.0. The molecule has 82 valence electrons. The first-order chi connectivity index (χ1) is 7.04. The second-order valence-electron chi connectivity index (χ2n) is 3.74. The fourth-order valence-corrected chi connectivity index (χ4v) is 1.55. The maximum atomic E-state index is 11.0. The highest BCUT2D eigenvalue weighted by molar-refractivity contribution is 5.76. The SMILES string of the molecule is COc1cc(C(C)CC(C)=O)ccc1O. The van der Waals surface area contributed by atoms with Crippen molar-refractivity contribution < 1.29 is 14.6 Å². The zero-order valence-corrected chi connectivity index (χ0v) is 9.28. The van der Waals surface area contributed by atoms with E-state index in [4.69, 9.17) is 4.74 Å². The Balaban J connectivity index is 2.90. The van der Waals surface area contributed by atoms with Crippen LogP contribution in [-0.2, 0) is 4.79 Å². The van der Waals surface area contributed by atoms with Crippen molar-refractivity contribution in [3.63, 3.8) is 0 Å². The maximum Gasteiger partial charge on any atom is 0.160 e. The number of carbonyl (C=O) groups is 1. The van der Waals surface area contributed by atoms with Crippen LogP contribution in [0.5, 0.6) is 11.5 Å². The third-order valence-corrected chi connectivity index (χ3v) is 2.37. The first-order valence-electron chi connectivity index (χ1n) is 4.91. The molecular formula is C12H16O3. The van der Waals surface area contributed by atoms with Crippen LogP contribution >= 0.6 is 0 Å². The van der Waals surface area contributed by atoms with E-state index < -0.39 is 0 Å². The van der Waals surface area contributed by atoms with E-state index in [9.17, 15) is 9.90 Å². The van der Waals surface area contributed by atoms with Gasteiger partial charge in [0.2, 0.25) is 0 Å². The van der Waals surface area contributed by atoms with Crippen LogP contribution in [0.4, 0.5) is 0 Å². The van der Waals surface area contributed by atoms with Gasteiger partial charge < -0.3 is 14.6 Å². The van der Waals surface area contributed by atoms with Crippen molar-refractivity contribution in [1.29, 1.82) is 0 Å². The minimum atomic E-state index is 0.122. The number of benzene rings is 1. The summed E-state index contributed by atoms with van der Waals surface area (Å²) in [5.74, 6) is 0.880. The average molecular weight is 208 g/mol. The minimum Gasteiger partial charge on any atom is -0.504 e. The van der Waals surface area contributed by atoms with E-state index in [1.807, 2.05) is 13.0 Å². The monoisotopic (exact) mass is 208 g/mol. The Morgan fingerprint density at radius 1 is 1.53 bits per heavy atom. The molecule has 0 aliphatic rings. The zero-order chi connectivity index (χ0) is 11.4. The van der Waals surface area contributed by atoms with Crippen LogP contribution < -0.4 is 4.74 Å². The van der Waals surface area contributed by atoms with Crippen LogP contribution in [0.1, 0.15) is 31.7 Å². The highest BCUT2D eigenvalue weighted by Gasteiger charge is 2.10. The first-order valence-corrected chi connectivity index (χ1v) is 4.91. The number of methoxy groups -OCH3 is 1. The van der Waals surface area contributed by atoms with Crippen LogP contribution in [0.3, 0.4) is 0 Å². The summed E-state index contributed by atoms with van der Waals surface area (Å²) in [6.45, 7) is 3.56. The molecule has 3 nitrogen and oxygen atoms in total. The van der Waals surface area contributed by atoms with Gasteiger partial charge in [0.15, 0.2) is 11.5 Å². The lowest BCUT2D eigenvalue weighted by atomic mass is 9.96. The molecule has 1 aromatic carbocycles. The number of ketones is 1. The smallest absolute Gasteiger partial charge is 0.160 e. The molecule has 0 saturated heterocycles. The molecule has 0 amide bonds. The molecule has 1 aromatic rings. The van der Waals surface area contributed by atoms with Crippen molar-refractivity contribution in [1.82, 2.24) is 0 Å². The Morgan fingerprint density at radius 2 is 2.20 bits per heavy atom. The standard InChI is InChI=1S/C12H16O3/c1-8(6-9(2)13)10-4-5-11(14)12(7-10)15-3/h4-5,7-8,14H,6H2,1-3H3. The summed E-state index contributed by atoms with van der Waals surface area (Å²) in [6, 6.07) is 5.17. The molecule has 0 aliphatic heterocycles. The summed E-state index contributed by atoms with van der Waals surface area (Å²) in [5, 5.41) is 9.41. The van der Waals surface area contributed by atoms with Crippen LogP contribution in [-0.4, -0.2) is 18.0 Å². The van der Waals surface area contributed by atoms with E-state index in [0.29, 0.717) is 12.2 Å². The molecule has 0 heterocycles. The van der Waals surface area contributed by atoms with Crippen molar-refractivity contribution in [3.05, 3.63) is 23.8 Å². The first kappa shape index (κ1) is 11.6. The number of ether oxygens (including phenoxy) is 1. The third-order valence-electron chi connectivity index (χ3n) is 2.37. The van der Waals surface area contributed by atoms with Gasteiger partial charge in [0, 0.05) is 6.42 Å². The number of phenols is 1. The molecule has 3 heteroatoms. The van der Waals surface area contributed by atoms with Crippen LogP contribution in [0.15, 0.2) is 18.2 Å². The third kappa shape index (κ3) is 2.98. The van der Waals surface area contributed by atoms with Crippen molar-refractivity contribution in [3.8, 4) is 11.5 Å². The van der Waals surface area contributed by atoms with Gasteiger partial charge in [-0.2, -0.15) is 0 Å². The number of hydrogen-bond donors (Lipinski definition) is 1. The molecule has 0 saturated carbocycles. The van der Waals surface area contributed by atoms with E-state index >= 15 is 0 Å². The molecule has 0 aliphatic carbocycles. The molecule has 1 atom stereocenters. The van der Waals surface area contributed by atoms with Crippen LogP contribution in [0, 0.1) is 0 Å². The summed E-state index contributed by atoms with van der Waals surface area (Å²) < 4.78 is 5.01. The second kappa shape index (κ2) is 4.82. The Labute approximate surface area is 89.7 Å². The van der Waals surface area contributed by atoms with Crippen molar-refractivity contribution in [2.24, 2.45) is 0 Å². The molecule has 0 aromatic heterocycles. The molecule has 0 radical (unpaired) electrons. The lowest BCUT2D eigenvalue weighted by Gasteiger charge is -2.12. The molecule has 0 bridgehead atoms. The highest BCUT2D eigenvalue weighted by atomic mass is 16.5. The summed E-state index contributed by atoms with van der Waals surface area (Å²) in [5.41, 5.74) is 1.000. The van der Waals surface area contributed by atoms with E-state index in [1.54, 1.807) is 19.1 Å². The zero-order valence-electron chi connectivity index (χ0n) is 9.28. The maximum absolute atomic E-state index is 11.0. The number of Topliss-reactive ketones (excluding diaryl/α,β-unsaturated/α-hetero) is 1. The van der Waals surface area contributed by atoms with Gasteiger partial charge in [-0.1, -0.05) is 13.0 Å². The molecule has 0 spiro atoms. The predicted molar refractivity (Wildman–Crippen MR) is 58.4 cm³/mol. The second-order valence-corrected chi connectivity index (χ2v) is 3.74. The lowest BCUT2D eigenvalue weighted by molar-refractivity contribution is -0.117. The number of carbonyl (C=O) groups excluding carboxylic acids is 1. The van der Waals surface area contributed by atoms with E-state index in [2.05, 4.69) is 0 Å². The van der Waals surface area contributed by atoms with Gasteiger partial charge in [-0.3, -0.25) is 0 Å². The van der Waals surface area contributed by atoms with Crippen molar-refractivity contribution in [2.75, 3.05) is 7.11 Å². The largest absolute Gasteiger partial charge is 0.504 e. The Kier molecular flexibility index (Phi) is 3.72. The molecule has 1 N–H and O–H groups in total. The van der Waals surface area contributed by atoms with Crippen LogP contribution in [0.25, 0.3) is 0 Å². The van der Waals surface area contributed by atoms with Gasteiger partial charge in [0.05, 0.1) is 7.11 Å². The number of aromatic hydroxyl groups is 1. The average Bonchev–Trinajstić information content (AvgIpc) is 2.17. The van der Waals surface area contributed by atoms with Gasteiger partial charge in [-0.15, -0.1) is 0 Å². The van der Waals surface area contributed by atoms with Gasteiger partial charge >= 0.3 is 0 Å². The Morgan fingerprint density at radius 3 is 2.73 bits per heavy atom. The molecule has 1 unspecified atom stereocenters. The summed E-state index contributed by atoms with van der Waals surface area (Å²) in [7, 11) is 1.51. The van der Waals surface area contributed by atoms with E-state index in [0.717, 1.165) is 5.56 Å². The van der Waals surface area contributed by atoms with Crippen LogP contribution in [0.2, 0.25) is 0 Å². The number of hydrogen-bond acceptors (Lipinski definition) is 3. The van der Waals surface area contributed by atoms with Crippen molar-refractivity contribution in [2.45, 2.75) is 26.2 Å². The van der Waals surface area contributed by atoms with Gasteiger partial charge in [-0.05, 0) is 30.5 Å². The van der Waals surface area contributed by atoms with E-state index in [1.165, 1.54) is 7.11 Å². The van der Waals surface area contributed by atoms with Gasteiger partial charge in [0.25, 0.3) is 0 Å². The Bertz CT molecular complexity index is 358. The molecule has 0 fully saturated rings. The van der Waals surface area contributed by atoms with Gasteiger partial charge in [-0.25, -0.2) is 0 Å². The summed E-state index contributed by atoms with van der Waals surface area (Å²) in [6.07, 6.45) is 0.508. The molecule has 1 rings (SSSR count). The fourth-order valence-electron chi connectivity index (χ4n) is 1.55. The number of phenolic OH excluding ortho intramolecular Hbond substituents is 1. The minimum absolute atomic E-state index is 0.122. The lowest BCUT2D eigenvalue weighted by Crippen LogP contribution is -2.00. The Hall–Kier alpha value is -1.51. The normalized spacial score (nSPS) is 12.2.